The Hall–Kier alpha value is -2.30. The Morgan fingerprint density at radius 3 is 2.09 bits per heavy atom. The van der Waals surface area contributed by atoms with Gasteiger partial charge in [-0.25, -0.2) is 9.78 Å². The van der Waals surface area contributed by atoms with Crippen LogP contribution in [0.4, 0.5) is 4.79 Å². The monoisotopic (exact) mass is 496 g/mol. The van der Waals surface area contributed by atoms with Gasteiger partial charge in [-0.05, 0) is 74.7 Å². The van der Waals surface area contributed by atoms with Gasteiger partial charge in [0.2, 0.25) is 0 Å². The second-order valence-corrected chi connectivity index (χ2v) is 13.2. The van der Waals surface area contributed by atoms with Crippen LogP contribution in [0.5, 0.6) is 0 Å². The summed E-state index contributed by atoms with van der Waals surface area (Å²) in [5, 5.41) is 9.99. The largest absolute Gasteiger partial charge is 0.460 e. The number of ether oxygens (including phenoxy) is 3. The molecule has 1 heterocycles. The second kappa shape index (κ2) is 8.73. The summed E-state index contributed by atoms with van der Waals surface area (Å²) >= 11 is 1.18. The van der Waals surface area contributed by atoms with E-state index in [4.69, 9.17) is 14.2 Å². The van der Waals surface area contributed by atoms with Crippen LogP contribution < -0.4 is 5.32 Å². The van der Waals surface area contributed by atoms with Gasteiger partial charge in [0.05, 0.1) is 5.92 Å². The van der Waals surface area contributed by atoms with Crippen LogP contribution in [0.25, 0.3) is 0 Å². The van der Waals surface area contributed by atoms with Crippen molar-refractivity contribution in [1.29, 1.82) is 0 Å². The third-order valence-corrected chi connectivity index (χ3v) is 6.76. The molecule has 1 aromatic heterocycles. The maximum Gasteiger partial charge on any atom is 0.407 e. The van der Waals surface area contributed by atoms with Gasteiger partial charge in [0.1, 0.15) is 27.9 Å². The number of carbonyl (C=O) groups is 3. The number of esters is 2. The second-order valence-electron chi connectivity index (χ2n) is 11.9. The number of nitrogens with one attached hydrogen (secondary N) is 2. The Morgan fingerprint density at radius 2 is 1.59 bits per heavy atom. The maximum atomic E-state index is 13.7. The number of H-pyrrole nitrogens is 1. The fraction of sp³-hybridized carbons (Fsp3) is 0.783. The van der Waals surface area contributed by atoms with Crippen LogP contribution in [0.2, 0.25) is 0 Å². The molecule has 0 spiro atoms. The first-order valence-electron chi connectivity index (χ1n) is 11.4. The van der Waals surface area contributed by atoms with E-state index < -0.39 is 57.5 Å². The maximum absolute atomic E-state index is 13.7. The summed E-state index contributed by atoms with van der Waals surface area (Å²) in [5.41, 5.74) is -2.11. The van der Waals surface area contributed by atoms with Gasteiger partial charge in [0, 0.05) is 12.0 Å². The SMILES string of the molecule is CC(C)(C)OC(=O)N[C@H]1C[C@@](Sc2ncn[nH]2)(C(=O)OC(C)(C)C)[C@H]2[C@H](C(=O)OC(C)(C)C)[C@H]21. The van der Waals surface area contributed by atoms with Crippen molar-refractivity contribution < 1.29 is 28.6 Å². The summed E-state index contributed by atoms with van der Waals surface area (Å²) < 4.78 is 15.7. The molecule has 2 N–H and O–H groups in total. The number of rotatable bonds is 5. The average Bonchev–Trinajstić information content (AvgIpc) is 3.01. The minimum Gasteiger partial charge on any atom is -0.460 e. The van der Waals surface area contributed by atoms with E-state index in [1.165, 1.54) is 18.1 Å². The molecule has 0 aromatic carbocycles. The summed E-state index contributed by atoms with van der Waals surface area (Å²) in [6.07, 6.45) is 1.00. The lowest BCUT2D eigenvalue weighted by molar-refractivity contribution is -0.160. The van der Waals surface area contributed by atoms with E-state index in [1.807, 2.05) is 0 Å². The normalized spacial score (nSPS) is 28.6. The molecule has 0 saturated heterocycles. The quantitative estimate of drug-likeness (QED) is 0.464. The minimum atomic E-state index is -1.17. The molecule has 0 aliphatic heterocycles. The minimum absolute atomic E-state index is 0.251. The fourth-order valence-electron chi connectivity index (χ4n) is 4.47. The summed E-state index contributed by atoms with van der Waals surface area (Å²) in [6.45, 7) is 16.1. The van der Waals surface area contributed by atoms with Gasteiger partial charge in [-0.3, -0.25) is 14.7 Å². The van der Waals surface area contributed by atoms with E-state index in [0.717, 1.165) is 0 Å². The molecule has 2 aliphatic rings. The number of aromatic amines is 1. The number of thioether (sulfide) groups is 1. The molecule has 2 aliphatic carbocycles. The average molecular weight is 497 g/mol. The van der Waals surface area contributed by atoms with E-state index in [2.05, 4.69) is 20.5 Å². The van der Waals surface area contributed by atoms with Gasteiger partial charge in [-0.15, -0.1) is 0 Å². The van der Waals surface area contributed by atoms with Gasteiger partial charge in [-0.1, -0.05) is 11.8 Å². The molecule has 11 heteroatoms. The smallest absolute Gasteiger partial charge is 0.407 e. The third-order valence-electron chi connectivity index (χ3n) is 5.40. The molecule has 2 fully saturated rings. The van der Waals surface area contributed by atoms with Gasteiger partial charge < -0.3 is 19.5 Å². The highest BCUT2D eigenvalue weighted by atomic mass is 32.2. The number of alkyl carbamates (subject to hydrolysis) is 1. The highest BCUT2D eigenvalue weighted by molar-refractivity contribution is 8.01. The number of carbonyl (C=O) groups excluding carboxylic acids is 3. The lowest BCUT2D eigenvalue weighted by Crippen LogP contribution is -2.47. The molecule has 2 saturated carbocycles. The van der Waals surface area contributed by atoms with Crippen LogP contribution in [0.15, 0.2) is 11.5 Å². The topological polar surface area (TPSA) is 132 Å². The highest BCUT2D eigenvalue weighted by Gasteiger charge is 2.77. The van der Waals surface area contributed by atoms with Gasteiger partial charge in [0.25, 0.3) is 0 Å². The number of hydrogen-bond acceptors (Lipinski definition) is 9. The van der Waals surface area contributed by atoms with E-state index in [0.29, 0.717) is 5.16 Å². The first-order valence-corrected chi connectivity index (χ1v) is 12.2. The van der Waals surface area contributed by atoms with Crippen LogP contribution in [-0.2, 0) is 23.8 Å². The van der Waals surface area contributed by atoms with Crippen molar-refractivity contribution in [2.24, 2.45) is 17.8 Å². The molecule has 190 valence electrons. The van der Waals surface area contributed by atoms with E-state index in [1.54, 1.807) is 62.3 Å². The van der Waals surface area contributed by atoms with E-state index >= 15 is 0 Å². The first kappa shape index (κ1) is 26.3. The molecular weight excluding hydrogens is 460 g/mol. The van der Waals surface area contributed by atoms with Gasteiger partial charge in [-0.2, -0.15) is 5.10 Å². The van der Waals surface area contributed by atoms with Gasteiger partial charge in [0.15, 0.2) is 5.16 Å². The van der Waals surface area contributed by atoms with Crippen LogP contribution in [0, 0.1) is 17.8 Å². The molecule has 10 nitrogen and oxygen atoms in total. The molecule has 0 bridgehead atoms. The van der Waals surface area contributed by atoms with Crippen molar-refractivity contribution >= 4 is 29.8 Å². The Bertz CT molecular complexity index is 931. The molecule has 1 aromatic rings. The lowest BCUT2D eigenvalue weighted by Gasteiger charge is -2.33. The first-order chi connectivity index (χ1) is 15.4. The lowest BCUT2D eigenvalue weighted by atomic mass is 9.96. The molecule has 1 amide bonds. The summed E-state index contributed by atoms with van der Waals surface area (Å²) in [5.74, 6) is -2.14. The Kier molecular flexibility index (Phi) is 6.75. The zero-order valence-electron chi connectivity index (χ0n) is 21.3. The number of fused-ring (bicyclic) bond motifs is 1. The summed E-state index contributed by atoms with van der Waals surface area (Å²) in [6, 6.07) is -0.486. The fourth-order valence-corrected chi connectivity index (χ4v) is 5.84. The van der Waals surface area contributed by atoms with Crippen molar-refractivity contribution in [3.05, 3.63) is 6.33 Å². The van der Waals surface area contributed by atoms with E-state index in [9.17, 15) is 14.4 Å². The van der Waals surface area contributed by atoms with Crippen molar-refractivity contribution in [1.82, 2.24) is 20.5 Å². The number of hydrogen-bond donors (Lipinski definition) is 2. The summed E-state index contributed by atoms with van der Waals surface area (Å²) in [4.78, 5) is 43.6. The molecule has 34 heavy (non-hydrogen) atoms. The van der Waals surface area contributed by atoms with Crippen molar-refractivity contribution in [2.75, 3.05) is 0 Å². The Labute approximate surface area is 204 Å². The Morgan fingerprint density at radius 1 is 1.00 bits per heavy atom. The number of nitrogens with zero attached hydrogens (tertiary/aromatic N) is 2. The summed E-state index contributed by atoms with van der Waals surface area (Å²) in [7, 11) is 0. The molecular formula is C23H36N4O6S. The van der Waals surface area contributed by atoms with Crippen LogP contribution in [0.1, 0.15) is 68.7 Å². The van der Waals surface area contributed by atoms with Crippen molar-refractivity contribution in [2.45, 2.75) is 101 Å². The third kappa shape index (κ3) is 6.03. The zero-order chi connectivity index (χ0) is 25.7. The molecule has 0 unspecified atom stereocenters. The predicted molar refractivity (Wildman–Crippen MR) is 125 cm³/mol. The van der Waals surface area contributed by atoms with Crippen LogP contribution in [0.3, 0.4) is 0 Å². The van der Waals surface area contributed by atoms with Gasteiger partial charge >= 0.3 is 18.0 Å². The molecule has 0 radical (unpaired) electrons. The van der Waals surface area contributed by atoms with Crippen molar-refractivity contribution in [3.63, 3.8) is 0 Å². The molecule has 3 rings (SSSR count). The van der Waals surface area contributed by atoms with Crippen molar-refractivity contribution in [3.8, 4) is 0 Å². The number of amides is 1. The Balaban J connectivity index is 1.96. The standard InChI is InChI=1S/C23H36N4O6S/c1-20(2,3)31-16(28)14-13-12(26-19(30)33-22(7,8)9)10-23(15(13)14,17(29)32-21(4,5)6)34-18-24-11-25-27-18/h11-15H,10H2,1-9H3,(H,26,30)(H,24,25,27)/t12-,13+,14+,15+,23-/m0/s1. The zero-order valence-corrected chi connectivity index (χ0v) is 22.2. The highest BCUT2D eigenvalue weighted by Crippen LogP contribution is 2.68. The van der Waals surface area contributed by atoms with Crippen LogP contribution >= 0.6 is 11.8 Å². The van der Waals surface area contributed by atoms with Crippen LogP contribution in [-0.4, -0.2) is 60.8 Å². The number of aromatic nitrogens is 3. The van der Waals surface area contributed by atoms with E-state index in [-0.39, 0.29) is 12.3 Å². The predicted octanol–water partition coefficient (Wildman–Crippen LogP) is 3.48. The molecule has 5 atom stereocenters.